The van der Waals surface area contributed by atoms with Crippen LogP contribution in [0.5, 0.6) is 0 Å². The van der Waals surface area contributed by atoms with Crippen LogP contribution in [0.1, 0.15) is 19.3 Å². The van der Waals surface area contributed by atoms with Gasteiger partial charge in [0.25, 0.3) is 0 Å². The molecule has 1 amide bonds. The van der Waals surface area contributed by atoms with Crippen molar-refractivity contribution in [1.29, 1.82) is 0 Å². The third kappa shape index (κ3) is 4.03. The predicted molar refractivity (Wildman–Crippen MR) is 104 cm³/mol. The monoisotopic (exact) mass is 406 g/mol. The molecule has 2 fully saturated rings. The lowest BCUT2D eigenvalue weighted by molar-refractivity contribution is -0.130. The van der Waals surface area contributed by atoms with Crippen LogP contribution < -0.4 is 0 Å². The molecule has 2 aliphatic rings. The molecule has 1 aromatic carbocycles. The third-order valence-electron chi connectivity index (χ3n) is 5.02. The van der Waals surface area contributed by atoms with E-state index in [2.05, 4.69) is 10.2 Å². The van der Waals surface area contributed by atoms with Gasteiger partial charge in [0, 0.05) is 24.7 Å². The Morgan fingerprint density at radius 1 is 1.19 bits per heavy atom. The van der Waals surface area contributed by atoms with Crippen molar-refractivity contribution in [3.8, 4) is 11.4 Å². The van der Waals surface area contributed by atoms with Gasteiger partial charge in [-0.1, -0.05) is 42.1 Å². The van der Waals surface area contributed by atoms with Crippen LogP contribution in [-0.2, 0) is 21.7 Å². The van der Waals surface area contributed by atoms with Gasteiger partial charge in [-0.05, 0) is 19.3 Å². The maximum Gasteiger partial charge on any atom is 0.233 e. The molecule has 0 bridgehead atoms. The Kier molecular flexibility index (Phi) is 4.98. The third-order valence-corrected chi connectivity index (χ3v) is 7.78. The van der Waals surface area contributed by atoms with Gasteiger partial charge in [0.15, 0.2) is 20.8 Å². The number of nitrogens with zero attached hydrogens (tertiary/aromatic N) is 4. The zero-order valence-electron chi connectivity index (χ0n) is 15.1. The van der Waals surface area contributed by atoms with Gasteiger partial charge in [-0.2, -0.15) is 0 Å². The average Bonchev–Trinajstić information content (AvgIpc) is 3.31. The second kappa shape index (κ2) is 7.27. The molecule has 1 saturated heterocycles. The number of hydrogen-bond acceptors (Lipinski definition) is 6. The van der Waals surface area contributed by atoms with Crippen LogP contribution in [-0.4, -0.2) is 63.3 Å². The normalized spacial score (nSPS) is 21.3. The molecule has 0 N–H and O–H groups in total. The number of thioether (sulfide) groups is 1. The van der Waals surface area contributed by atoms with E-state index in [4.69, 9.17) is 0 Å². The number of sulfone groups is 1. The minimum atomic E-state index is -3.01. The van der Waals surface area contributed by atoms with Crippen molar-refractivity contribution in [1.82, 2.24) is 19.7 Å². The summed E-state index contributed by atoms with van der Waals surface area (Å²) >= 11 is 1.35. The number of carbonyl (C=O) groups excluding carboxylic acids is 1. The summed E-state index contributed by atoms with van der Waals surface area (Å²) in [6.45, 7) is 0. The molecule has 27 heavy (non-hydrogen) atoms. The van der Waals surface area contributed by atoms with Crippen molar-refractivity contribution in [3.05, 3.63) is 30.3 Å². The van der Waals surface area contributed by atoms with E-state index in [1.54, 1.807) is 0 Å². The number of amides is 1. The lowest BCUT2D eigenvalue weighted by atomic mass is 10.2. The molecular formula is C18H22N4O3S2. The minimum Gasteiger partial charge on any atom is -0.335 e. The Bertz CT molecular complexity index is 939. The zero-order chi connectivity index (χ0) is 19.0. The molecule has 9 heteroatoms. The van der Waals surface area contributed by atoms with Crippen LogP contribution in [0.25, 0.3) is 11.4 Å². The van der Waals surface area contributed by atoms with Crippen molar-refractivity contribution in [2.75, 3.05) is 17.3 Å². The summed E-state index contributed by atoms with van der Waals surface area (Å²) in [5.41, 5.74) is 0.974. The van der Waals surface area contributed by atoms with Gasteiger partial charge in [-0.3, -0.25) is 4.79 Å². The van der Waals surface area contributed by atoms with Crippen LogP contribution >= 0.6 is 11.8 Å². The highest BCUT2D eigenvalue weighted by atomic mass is 32.2. The van der Waals surface area contributed by atoms with Gasteiger partial charge in [0.05, 0.1) is 17.3 Å². The molecule has 0 unspecified atom stereocenters. The maximum atomic E-state index is 12.8. The second-order valence-corrected chi connectivity index (χ2v) is 10.3. The standard InChI is InChI=1S/C18H22N4O3S2/c1-21-17(13-5-3-2-4-6-13)19-20-18(21)26-11-16(23)22(14-7-8-14)15-9-10-27(24,25)12-15/h2-6,14-15H,7-12H2,1H3/t15-/m1/s1. The van der Waals surface area contributed by atoms with E-state index in [0.29, 0.717) is 11.6 Å². The van der Waals surface area contributed by atoms with Crippen molar-refractivity contribution in [3.63, 3.8) is 0 Å². The number of carbonyl (C=O) groups is 1. The summed E-state index contributed by atoms with van der Waals surface area (Å²) < 4.78 is 25.5. The van der Waals surface area contributed by atoms with E-state index >= 15 is 0 Å². The first-order chi connectivity index (χ1) is 12.9. The average molecular weight is 407 g/mol. The SMILES string of the molecule is Cn1c(SCC(=O)N(C2CC2)[C@@H]2CCS(=O)(=O)C2)nnc1-c1ccccc1. The summed E-state index contributed by atoms with van der Waals surface area (Å²) in [7, 11) is -1.12. The van der Waals surface area contributed by atoms with Crippen LogP contribution in [0.2, 0.25) is 0 Å². The quantitative estimate of drug-likeness (QED) is 0.680. The molecule has 7 nitrogen and oxygen atoms in total. The molecule has 0 radical (unpaired) electrons. The minimum absolute atomic E-state index is 0.00568. The first kappa shape index (κ1) is 18.5. The number of aromatic nitrogens is 3. The van der Waals surface area contributed by atoms with Gasteiger partial charge in [-0.15, -0.1) is 10.2 Å². The van der Waals surface area contributed by atoms with Crippen molar-refractivity contribution >= 4 is 27.5 Å². The Morgan fingerprint density at radius 3 is 2.56 bits per heavy atom. The van der Waals surface area contributed by atoms with E-state index in [9.17, 15) is 13.2 Å². The maximum absolute atomic E-state index is 12.8. The fourth-order valence-corrected chi connectivity index (χ4v) is 6.02. The van der Waals surface area contributed by atoms with Gasteiger partial charge in [-0.25, -0.2) is 8.42 Å². The van der Waals surface area contributed by atoms with Crippen LogP contribution in [0.15, 0.2) is 35.5 Å². The van der Waals surface area contributed by atoms with Crippen LogP contribution in [0, 0.1) is 0 Å². The summed E-state index contributed by atoms with van der Waals surface area (Å²) in [4.78, 5) is 14.7. The van der Waals surface area contributed by atoms with E-state index in [0.717, 1.165) is 24.2 Å². The fraction of sp³-hybridized carbons (Fsp3) is 0.500. The zero-order valence-corrected chi connectivity index (χ0v) is 16.7. The molecule has 1 aliphatic heterocycles. The molecule has 1 atom stereocenters. The first-order valence-electron chi connectivity index (χ1n) is 9.04. The summed E-state index contributed by atoms with van der Waals surface area (Å²) in [6, 6.07) is 9.82. The predicted octanol–water partition coefficient (Wildman–Crippen LogP) is 1.75. The highest BCUT2D eigenvalue weighted by Crippen LogP contribution is 2.33. The van der Waals surface area contributed by atoms with Crippen molar-refractivity contribution in [2.24, 2.45) is 7.05 Å². The Labute approximate surface area is 163 Å². The molecule has 1 saturated carbocycles. The highest BCUT2D eigenvalue weighted by molar-refractivity contribution is 7.99. The fourth-order valence-electron chi connectivity index (χ4n) is 3.53. The molecule has 1 aliphatic carbocycles. The lowest BCUT2D eigenvalue weighted by Gasteiger charge is -2.28. The van der Waals surface area contributed by atoms with Crippen LogP contribution in [0.4, 0.5) is 0 Å². The molecule has 1 aromatic heterocycles. The van der Waals surface area contributed by atoms with Crippen molar-refractivity contribution < 1.29 is 13.2 Å². The highest BCUT2D eigenvalue weighted by Gasteiger charge is 2.41. The van der Waals surface area contributed by atoms with Gasteiger partial charge in [0.2, 0.25) is 5.91 Å². The van der Waals surface area contributed by atoms with E-state index in [1.165, 1.54) is 11.8 Å². The van der Waals surface area contributed by atoms with Crippen LogP contribution in [0.3, 0.4) is 0 Å². The van der Waals surface area contributed by atoms with Crippen molar-refractivity contribution in [2.45, 2.75) is 36.5 Å². The first-order valence-corrected chi connectivity index (χ1v) is 11.8. The summed E-state index contributed by atoms with van der Waals surface area (Å²) in [5, 5.41) is 9.13. The Morgan fingerprint density at radius 2 is 1.93 bits per heavy atom. The molecule has 4 rings (SSSR count). The second-order valence-electron chi connectivity index (χ2n) is 7.11. The molecule has 144 valence electrons. The van der Waals surface area contributed by atoms with Gasteiger partial charge in [0.1, 0.15) is 0 Å². The molecule has 2 aromatic rings. The topological polar surface area (TPSA) is 85.2 Å². The van der Waals surface area contributed by atoms with Gasteiger partial charge < -0.3 is 9.47 Å². The Hall–Kier alpha value is -1.87. The lowest BCUT2D eigenvalue weighted by Crippen LogP contribution is -2.43. The van der Waals surface area contributed by atoms with Gasteiger partial charge >= 0.3 is 0 Å². The van der Waals surface area contributed by atoms with E-state index in [-0.39, 0.29) is 35.2 Å². The van der Waals surface area contributed by atoms with E-state index < -0.39 is 9.84 Å². The number of rotatable bonds is 6. The number of hydrogen-bond donors (Lipinski definition) is 0. The molecular weight excluding hydrogens is 384 g/mol. The largest absolute Gasteiger partial charge is 0.335 e. The Balaban J connectivity index is 1.44. The molecule has 2 heterocycles. The summed E-state index contributed by atoms with van der Waals surface area (Å²) in [6.07, 6.45) is 2.49. The summed E-state index contributed by atoms with van der Waals surface area (Å²) in [5.74, 6) is 1.28. The number of benzene rings is 1. The molecule has 0 spiro atoms. The van der Waals surface area contributed by atoms with E-state index in [1.807, 2.05) is 46.8 Å². The smallest absolute Gasteiger partial charge is 0.233 e.